The van der Waals surface area contributed by atoms with Crippen molar-refractivity contribution in [3.8, 4) is 11.8 Å². The molecule has 1 aliphatic rings. The van der Waals surface area contributed by atoms with Crippen LogP contribution in [-0.4, -0.2) is 31.2 Å². The fraction of sp³-hybridized carbons (Fsp3) is 0.818. The quantitative estimate of drug-likeness (QED) is 0.399. The van der Waals surface area contributed by atoms with Gasteiger partial charge in [0, 0.05) is 0 Å². The maximum absolute atomic E-state index is 3.19. The zero-order valence-corrected chi connectivity index (χ0v) is 9.69. The molecule has 1 fully saturated rings. The highest BCUT2D eigenvalue weighted by Gasteiger charge is 2.29. The number of halogens is 1. The van der Waals surface area contributed by atoms with Gasteiger partial charge in [-0.2, -0.15) is 0 Å². The molecule has 1 aliphatic carbocycles. The topological polar surface area (TPSA) is 0 Å². The molecule has 0 atom stereocenters. The highest BCUT2D eigenvalue weighted by atomic mass is 35.5. The van der Waals surface area contributed by atoms with E-state index < -0.39 is 0 Å². The van der Waals surface area contributed by atoms with E-state index >= 15 is 0 Å². The summed E-state index contributed by atoms with van der Waals surface area (Å²) in [6, 6.07) is 0.867. The zero-order chi connectivity index (χ0) is 9.03. The van der Waals surface area contributed by atoms with Gasteiger partial charge in [0.25, 0.3) is 0 Å². The molecule has 0 aromatic carbocycles. The second-order valence-corrected chi connectivity index (χ2v) is 4.30. The lowest BCUT2D eigenvalue weighted by Crippen LogP contribution is -3.00. The lowest BCUT2D eigenvalue weighted by Gasteiger charge is -2.34. The molecule has 0 spiro atoms. The fourth-order valence-corrected chi connectivity index (χ4v) is 2.02. The van der Waals surface area contributed by atoms with Gasteiger partial charge in [0.05, 0.1) is 20.1 Å². The molecule has 0 bridgehead atoms. The van der Waals surface area contributed by atoms with Crippen molar-refractivity contribution in [3.63, 3.8) is 0 Å². The summed E-state index contributed by atoms with van der Waals surface area (Å²) in [5.41, 5.74) is 0. The first kappa shape index (κ1) is 12.8. The van der Waals surface area contributed by atoms with Gasteiger partial charge in [0.2, 0.25) is 0 Å². The van der Waals surface area contributed by atoms with Crippen molar-refractivity contribution in [3.05, 3.63) is 0 Å². The maximum atomic E-state index is 3.19. The molecule has 0 aromatic rings. The van der Waals surface area contributed by atoms with Gasteiger partial charge in [-0.05, 0) is 38.5 Å². The van der Waals surface area contributed by atoms with Gasteiger partial charge >= 0.3 is 0 Å². The van der Waals surface area contributed by atoms with Gasteiger partial charge in [0.1, 0.15) is 6.54 Å². The van der Waals surface area contributed by atoms with E-state index in [9.17, 15) is 0 Å². The normalized spacial score (nSPS) is 17.5. The molecule has 0 saturated heterocycles. The highest BCUT2D eigenvalue weighted by Crippen LogP contribution is 2.26. The summed E-state index contributed by atoms with van der Waals surface area (Å²) in [4.78, 5) is 0. The van der Waals surface area contributed by atoms with Gasteiger partial charge in [-0.1, -0.05) is 0 Å². The third-order valence-electron chi connectivity index (χ3n) is 2.98. The molecule has 1 nitrogen and oxygen atoms in total. The fourth-order valence-electron chi connectivity index (χ4n) is 2.02. The van der Waals surface area contributed by atoms with E-state index in [4.69, 9.17) is 0 Å². The summed E-state index contributed by atoms with van der Waals surface area (Å²) >= 11 is 0. The van der Waals surface area contributed by atoms with E-state index in [-0.39, 0.29) is 12.4 Å². The minimum atomic E-state index is 0. The minimum Gasteiger partial charge on any atom is -1.00 e. The van der Waals surface area contributed by atoms with Crippen LogP contribution in [0.15, 0.2) is 0 Å². The highest BCUT2D eigenvalue weighted by molar-refractivity contribution is 4.95. The van der Waals surface area contributed by atoms with Crippen LogP contribution in [0.2, 0.25) is 0 Å². The van der Waals surface area contributed by atoms with E-state index in [1.165, 1.54) is 25.7 Å². The van der Waals surface area contributed by atoms with Crippen LogP contribution >= 0.6 is 0 Å². The van der Waals surface area contributed by atoms with Crippen molar-refractivity contribution in [2.45, 2.75) is 38.6 Å². The van der Waals surface area contributed by atoms with E-state index in [2.05, 4.69) is 25.9 Å². The number of nitrogens with zero attached hydrogens (tertiary/aromatic N) is 1. The van der Waals surface area contributed by atoms with Crippen molar-refractivity contribution in [2.24, 2.45) is 0 Å². The Balaban J connectivity index is 0.00000144. The molecule has 1 rings (SSSR count). The number of hydrogen-bond acceptors (Lipinski definition) is 0. The van der Waals surface area contributed by atoms with Crippen LogP contribution in [0.5, 0.6) is 0 Å². The Morgan fingerprint density at radius 3 is 2.23 bits per heavy atom. The Morgan fingerprint density at radius 1 is 1.23 bits per heavy atom. The van der Waals surface area contributed by atoms with E-state index in [0.29, 0.717) is 0 Å². The van der Waals surface area contributed by atoms with Gasteiger partial charge in [0.15, 0.2) is 0 Å². The van der Waals surface area contributed by atoms with Crippen molar-refractivity contribution < 1.29 is 16.9 Å². The molecular weight excluding hydrogens is 182 g/mol. The molecule has 1 saturated carbocycles. The first-order chi connectivity index (χ1) is 5.67. The molecule has 0 N–H and O–H groups in total. The lowest BCUT2D eigenvalue weighted by molar-refractivity contribution is -0.907. The molecular formula is C11H20ClN. The molecule has 0 amide bonds. The molecule has 76 valence electrons. The van der Waals surface area contributed by atoms with Crippen LogP contribution in [0.4, 0.5) is 0 Å². The monoisotopic (exact) mass is 201 g/mol. The van der Waals surface area contributed by atoms with Crippen LogP contribution in [0, 0.1) is 11.8 Å². The first-order valence-electron chi connectivity index (χ1n) is 4.89. The third-order valence-corrected chi connectivity index (χ3v) is 2.98. The zero-order valence-electron chi connectivity index (χ0n) is 8.94. The van der Waals surface area contributed by atoms with Crippen molar-refractivity contribution in [1.82, 2.24) is 0 Å². The van der Waals surface area contributed by atoms with Gasteiger partial charge < -0.3 is 16.9 Å². The number of rotatable bonds is 2. The smallest absolute Gasteiger partial charge is 0.140 e. The molecule has 2 heteroatoms. The minimum absolute atomic E-state index is 0. The largest absolute Gasteiger partial charge is 1.00 e. The summed E-state index contributed by atoms with van der Waals surface area (Å²) < 4.78 is 1.10. The summed E-state index contributed by atoms with van der Waals surface area (Å²) in [6.45, 7) is 2.94. The molecule has 0 unspecified atom stereocenters. The van der Waals surface area contributed by atoms with E-state index in [1.54, 1.807) is 0 Å². The van der Waals surface area contributed by atoms with Crippen molar-refractivity contribution in [1.29, 1.82) is 0 Å². The summed E-state index contributed by atoms with van der Waals surface area (Å²) in [7, 11) is 4.61. The Hall–Kier alpha value is -0.190. The maximum Gasteiger partial charge on any atom is 0.140 e. The summed E-state index contributed by atoms with van der Waals surface area (Å²) in [5.74, 6) is 6.17. The molecule has 0 aromatic heterocycles. The second-order valence-electron chi connectivity index (χ2n) is 4.30. The molecule has 0 heterocycles. The van der Waals surface area contributed by atoms with Crippen molar-refractivity contribution >= 4 is 0 Å². The van der Waals surface area contributed by atoms with Crippen molar-refractivity contribution in [2.75, 3.05) is 20.6 Å². The van der Waals surface area contributed by atoms with E-state index in [0.717, 1.165) is 17.1 Å². The molecule has 0 aliphatic heterocycles. The standard InChI is InChI=1S/C11H20N.ClH/c1-4-5-10-12(2,3)11-8-6-7-9-11;/h11H,6-10H2,1-3H3;1H/q+1;/p-1. The first-order valence-corrected chi connectivity index (χ1v) is 4.89. The summed E-state index contributed by atoms with van der Waals surface area (Å²) in [5, 5.41) is 0. The number of hydrogen-bond donors (Lipinski definition) is 0. The predicted octanol–water partition coefficient (Wildman–Crippen LogP) is -0.967. The van der Waals surface area contributed by atoms with Gasteiger partial charge in [-0.25, -0.2) is 0 Å². The average Bonchev–Trinajstić information content (AvgIpc) is 2.53. The third kappa shape index (κ3) is 3.58. The average molecular weight is 202 g/mol. The van der Waals surface area contributed by atoms with Crippen LogP contribution in [0.1, 0.15) is 32.6 Å². The van der Waals surface area contributed by atoms with Gasteiger partial charge in [-0.3, -0.25) is 0 Å². The van der Waals surface area contributed by atoms with Crippen LogP contribution in [0.25, 0.3) is 0 Å². The summed E-state index contributed by atoms with van der Waals surface area (Å²) in [6.07, 6.45) is 5.65. The lowest BCUT2D eigenvalue weighted by atomic mass is 10.2. The predicted molar refractivity (Wildman–Crippen MR) is 52.7 cm³/mol. The second kappa shape index (κ2) is 5.52. The Kier molecular flexibility index (Phi) is 5.44. The Morgan fingerprint density at radius 2 is 1.77 bits per heavy atom. The molecule has 13 heavy (non-hydrogen) atoms. The SMILES string of the molecule is CC#CC[N+](C)(C)C1CCCC1.[Cl-]. The number of quaternary nitrogens is 1. The molecule has 0 radical (unpaired) electrons. The van der Waals surface area contributed by atoms with E-state index in [1.807, 2.05) is 6.92 Å². The van der Waals surface area contributed by atoms with Crippen LogP contribution < -0.4 is 12.4 Å². The Labute approximate surface area is 88.5 Å². The van der Waals surface area contributed by atoms with Gasteiger partial charge in [-0.15, -0.1) is 5.92 Å². The van der Waals surface area contributed by atoms with Crippen LogP contribution in [-0.2, 0) is 0 Å². The van der Waals surface area contributed by atoms with Crippen LogP contribution in [0.3, 0.4) is 0 Å². The Bertz CT molecular complexity index is 194.